The average Bonchev–Trinajstić information content (AvgIpc) is 3.01. The second kappa shape index (κ2) is 7.86. The minimum absolute atomic E-state index is 0.0426. The number of urea groups is 1. The summed E-state index contributed by atoms with van der Waals surface area (Å²) < 4.78 is 18.0. The summed E-state index contributed by atoms with van der Waals surface area (Å²) in [5.74, 6) is 0.357. The van der Waals surface area contributed by atoms with Gasteiger partial charge in [-0.3, -0.25) is 4.79 Å². The Bertz CT molecular complexity index is 778. The van der Waals surface area contributed by atoms with Crippen molar-refractivity contribution in [1.82, 2.24) is 10.6 Å². The second-order valence-corrected chi connectivity index (χ2v) is 6.06. The van der Waals surface area contributed by atoms with Crippen molar-refractivity contribution in [3.05, 3.63) is 59.9 Å². The molecule has 1 heterocycles. The van der Waals surface area contributed by atoms with E-state index < -0.39 is 0 Å². The maximum atomic E-state index is 12.9. The molecule has 1 aliphatic heterocycles. The average molecular weight is 357 g/mol. The molecule has 1 saturated heterocycles. The van der Waals surface area contributed by atoms with Crippen LogP contribution >= 0.6 is 0 Å². The summed E-state index contributed by atoms with van der Waals surface area (Å²) >= 11 is 0. The fourth-order valence-corrected chi connectivity index (χ4v) is 2.84. The van der Waals surface area contributed by atoms with Gasteiger partial charge in [0.05, 0.1) is 13.2 Å². The minimum Gasteiger partial charge on any atom is -0.497 e. The third-order valence-electron chi connectivity index (χ3n) is 4.21. The number of benzene rings is 2. The highest BCUT2D eigenvalue weighted by molar-refractivity contribution is 5.96. The van der Waals surface area contributed by atoms with Crippen LogP contribution in [0.3, 0.4) is 0 Å². The first-order chi connectivity index (χ1) is 12.5. The van der Waals surface area contributed by atoms with Crippen LogP contribution in [-0.2, 0) is 11.3 Å². The van der Waals surface area contributed by atoms with Gasteiger partial charge in [0.1, 0.15) is 11.6 Å². The zero-order valence-electron chi connectivity index (χ0n) is 14.4. The minimum atomic E-state index is -0.358. The van der Waals surface area contributed by atoms with Crippen LogP contribution in [0, 0.1) is 5.82 Å². The molecule has 0 bridgehead atoms. The summed E-state index contributed by atoms with van der Waals surface area (Å²) in [5.41, 5.74) is 1.57. The van der Waals surface area contributed by atoms with Crippen LogP contribution in [0.2, 0.25) is 0 Å². The number of nitrogens with zero attached hydrogens (tertiary/aromatic N) is 1. The summed E-state index contributed by atoms with van der Waals surface area (Å²) in [7, 11) is 1.58. The van der Waals surface area contributed by atoms with Gasteiger partial charge < -0.3 is 20.3 Å². The molecule has 1 atom stereocenters. The van der Waals surface area contributed by atoms with Crippen LogP contribution < -0.4 is 20.3 Å². The van der Waals surface area contributed by atoms with E-state index in [-0.39, 0.29) is 36.8 Å². The third-order valence-corrected chi connectivity index (χ3v) is 4.21. The summed E-state index contributed by atoms with van der Waals surface area (Å²) in [4.78, 5) is 25.9. The fourth-order valence-electron chi connectivity index (χ4n) is 2.84. The van der Waals surface area contributed by atoms with Crippen LogP contribution in [0.4, 0.5) is 14.9 Å². The van der Waals surface area contributed by atoms with Crippen LogP contribution in [0.15, 0.2) is 48.5 Å². The highest BCUT2D eigenvalue weighted by Gasteiger charge is 2.31. The standard InChI is InChI=1S/C19H20FN3O3/c1-26-17-8-6-16(7-9-17)23-12-15(10-18(23)24)22-19(25)21-11-13-2-4-14(20)5-3-13/h2-9,15H,10-12H2,1H3,(H2,21,22,25)/t15-/m0/s1. The van der Waals surface area contributed by atoms with Gasteiger partial charge in [0.2, 0.25) is 5.91 Å². The number of methoxy groups -OCH3 is 1. The number of amides is 3. The topological polar surface area (TPSA) is 70.7 Å². The number of anilines is 1. The molecule has 0 saturated carbocycles. The lowest BCUT2D eigenvalue weighted by Crippen LogP contribution is -2.43. The van der Waals surface area contributed by atoms with Crippen LogP contribution in [0.5, 0.6) is 5.75 Å². The Labute approximate surface area is 150 Å². The number of carbonyl (C=O) groups excluding carboxylic acids is 2. The zero-order chi connectivity index (χ0) is 18.5. The van der Waals surface area contributed by atoms with Crippen LogP contribution in [0.1, 0.15) is 12.0 Å². The Balaban J connectivity index is 1.51. The van der Waals surface area contributed by atoms with Crippen LogP contribution in [0.25, 0.3) is 0 Å². The molecule has 26 heavy (non-hydrogen) atoms. The molecule has 2 N–H and O–H groups in total. The molecule has 2 aromatic carbocycles. The molecule has 0 radical (unpaired) electrons. The predicted molar refractivity (Wildman–Crippen MR) is 95.5 cm³/mol. The maximum absolute atomic E-state index is 12.9. The molecule has 1 aliphatic rings. The first-order valence-electron chi connectivity index (χ1n) is 8.28. The number of rotatable bonds is 5. The van der Waals surface area contributed by atoms with Gasteiger partial charge in [-0.15, -0.1) is 0 Å². The lowest BCUT2D eigenvalue weighted by molar-refractivity contribution is -0.117. The van der Waals surface area contributed by atoms with Gasteiger partial charge in [-0.05, 0) is 42.0 Å². The van der Waals surface area contributed by atoms with E-state index in [4.69, 9.17) is 4.74 Å². The Morgan fingerprint density at radius 2 is 1.88 bits per heavy atom. The molecular formula is C19H20FN3O3. The number of hydrogen-bond donors (Lipinski definition) is 2. The Morgan fingerprint density at radius 1 is 1.19 bits per heavy atom. The van der Waals surface area contributed by atoms with Gasteiger partial charge >= 0.3 is 6.03 Å². The van der Waals surface area contributed by atoms with E-state index in [0.29, 0.717) is 6.54 Å². The highest BCUT2D eigenvalue weighted by Crippen LogP contribution is 2.24. The third kappa shape index (κ3) is 4.30. The van der Waals surface area contributed by atoms with E-state index in [1.807, 2.05) is 12.1 Å². The van der Waals surface area contributed by atoms with E-state index in [9.17, 15) is 14.0 Å². The normalized spacial score (nSPS) is 16.5. The quantitative estimate of drug-likeness (QED) is 0.863. The molecule has 2 aromatic rings. The SMILES string of the molecule is COc1ccc(N2C[C@@H](NC(=O)NCc3ccc(F)cc3)CC2=O)cc1. The number of carbonyl (C=O) groups is 2. The van der Waals surface area contributed by atoms with Crippen molar-refractivity contribution in [1.29, 1.82) is 0 Å². The molecule has 0 unspecified atom stereocenters. The monoisotopic (exact) mass is 357 g/mol. The van der Waals surface area contributed by atoms with Crippen molar-refractivity contribution < 1.29 is 18.7 Å². The van der Waals surface area contributed by atoms with Crippen molar-refractivity contribution in [3.63, 3.8) is 0 Å². The number of hydrogen-bond acceptors (Lipinski definition) is 3. The van der Waals surface area contributed by atoms with Gasteiger partial charge in [0.25, 0.3) is 0 Å². The van der Waals surface area contributed by atoms with Crippen molar-refractivity contribution in [3.8, 4) is 5.75 Å². The fraction of sp³-hybridized carbons (Fsp3) is 0.263. The molecule has 3 amide bonds. The van der Waals surface area contributed by atoms with Crippen molar-refractivity contribution in [2.75, 3.05) is 18.6 Å². The molecule has 6 nitrogen and oxygen atoms in total. The van der Waals surface area contributed by atoms with E-state index in [1.165, 1.54) is 12.1 Å². The van der Waals surface area contributed by atoms with Gasteiger partial charge in [0.15, 0.2) is 0 Å². The smallest absolute Gasteiger partial charge is 0.315 e. The zero-order valence-corrected chi connectivity index (χ0v) is 14.4. The second-order valence-electron chi connectivity index (χ2n) is 6.06. The molecule has 0 aliphatic carbocycles. The van der Waals surface area contributed by atoms with Crippen LogP contribution in [-0.4, -0.2) is 31.6 Å². The molecule has 0 aromatic heterocycles. The number of ether oxygens (including phenoxy) is 1. The first-order valence-corrected chi connectivity index (χ1v) is 8.28. The summed E-state index contributed by atoms with van der Waals surface area (Å²) in [6, 6.07) is 12.5. The molecular weight excluding hydrogens is 337 g/mol. The van der Waals surface area contributed by atoms with Crippen molar-refractivity contribution >= 4 is 17.6 Å². The van der Waals surface area contributed by atoms with Gasteiger partial charge in [0, 0.05) is 25.2 Å². The lowest BCUT2D eigenvalue weighted by atomic mass is 10.2. The van der Waals surface area contributed by atoms with Gasteiger partial charge in [-0.1, -0.05) is 12.1 Å². The van der Waals surface area contributed by atoms with E-state index >= 15 is 0 Å². The molecule has 7 heteroatoms. The van der Waals surface area contributed by atoms with Gasteiger partial charge in [-0.25, -0.2) is 9.18 Å². The van der Waals surface area contributed by atoms with E-state index in [1.54, 1.807) is 36.3 Å². The Hall–Kier alpha value is -3.09. The maximum Gasteiger partial charge on any atom is 0.315 e. The summed E-state index contributed by atoms with van der Waals surface area (Å²) in [6.45, 7) is 0.699. The molecule has 1 fully saturated rings. The number of halogens is 1. The summed E-state index contributed by atoms with van der Waals surface area (Å²) in [6.07, 6.45) is 0.246. The Kier molecular flexibility index (Phi) is 5.36. The molecule has 136 valence electrons. The molecule has 3 rings (SSSR count). The first kappa shape index (κ1) is 17.7. The molecule has 0 spiro atoms. The van der Waals surface area contributed by atoms with E-state index in [2.05, 4.69) is 10.6 Å². The Morgan fingerprint density at radius 3 is 2.54 bits per heavy atom. The summed E-state index contributed by atoms with van der Waals surface area (Å²) in [5, 5.41) is 5.51. The van der Waals surface area contributed by atoms with E-state index in [0.717, 1.165) is 17.0 Å². The largest absolute Gasteiger partial charge is 0.497 e. The lowest BCUT2D eigenvalue weighted by Gasteiger charge is -2.17. The van der Waals surface area contributed by atoms with Crippen molar-refractivity contribution in [2.45, 2.75) is 19.0 Å². The van der Waals surface area contributed by atoms with Crippen molar-refractivity contribution in [2.24, 2.45) is 0 Å². The van der Waals surface area contributed by atoms with Gasteiger partial charge in [-0.2, -0.15) is 0 Å². The number of nitrogens with one attached hydrogen (secondary N) is 2. The highest BCUT2D eigenvalue weighted by atomic mass is 19.1. The predicted octanol–water partition coefficient (Wildman–Crippen LogP) is 2.44.